The second-order valence-electron chi connectivity index (χ2n) is 7.07. The van der Waals surface area contributed by atoms with Gasteiger partial charge >= 0.3 is 5.97 Å². The van der Waals surface area contributed by atoms with Crippen LogP contribution in [-0.2, 0) is 14.3 Å². The summed E-state index contributed by atoms with van der Waals surface area (Å²) in [4.78, 5) is 18.7. The summed E-state index contributed by atoms with van der Waals surface area (Å²) >= 11 is 0. The molecule has 2 heterocycles. The number of ether oxygens (including phenoxy) is 2. The van der Waals surface area contributed by atoms with E-state index in [-0.39, 0.29) is 5.97 Å². The van der Waals surface area contributed by atoms with Gasteiger partial charge in [0, 0.05) is 36.4 Å². The number of fused-ring (bicyclic) bond motifs is 1. The lowest BCUT2D eigenvalue weighted by Gasteiger charge is -2.30. The van der Waals surface area contributed by atoms with Crippen molar-refractivity contribution in [1.82, 2.24) is 4.98 Å². The van der Waals surface area contributed by atoms with E-state index in [9.17, 15) is 4.79 Å². The largest absolute Gasteiger partial charge is 0.457 e. The Morgan fingerprint density at radius 3 is 2.76 bits per heavy atom. The Kier molecular flexibility index (Phi) is 5.04. The molecule has 1 aromatic carbocycles. The van der Waals surface area contributed by atoms with Crippen LogP contribution in [0.25, 0.3) is 17.0 Å². The molecule has 3 rings (SSSR count). The lowest BCUT2D eigenvalue weighted by atomic mass is 10.1. The molecule has 5 heteroatoms. The number of carbonyl (C=O) groups excluding carboxylic acids is 1. The fourth-order valence-corrected chi connectivity index (χ4v) is 2.83. The van der Waals surface area contributed by atoms with E-state index in [1.54, 1.807) is 6.20 Å². The van der Waals surface area contributed by atoms with Crippen molar-refractivity contribution in [3.8, 4) is 0 Å². The highest BCUT2D eigenvalue weighted by molar-refractivity contribution is 5.92. The molecule has 0 aliphatic carbocycles. The molecular weight excluding hydrogens is 316 g/mol. The zero-order chi connectivity index (χ0) is 17.9. The monoisotopic (exact) mass is 340 g/mol. The number of morpholine rings is 1. The van der Waals surface area contributed by atoms with Gasteiger partial charge in [-0.2, -0.15) is 0 Å². The van der Waals surface area contributed by atoms with Crippen molar-refractivity contribution in [3.63, 3.8) is 0 Å². The van der Waals surface area contributed by atoms with E-state index in [0.29, 0.717) is 13.2 Å². The first kappa shape index (κ1) is 17.4. The average molecular weight is 340 g/mol. The van der Waals surface area contributed by atoms with Gasteiger partial charge in [0.1, 0.15) is 5.60 Å². The van der Waals surface area contributed by atoms with E-state index in [4.69, 9.17) is 9.47 Å². The van der Waals surface area contributed by atoms with Crippen molar-refractivity contribution in [2.75, 3.05) is 31.2 Å². The van der Waals surface area contributed by atoms with Crippen LogP contribution in [0.15, 0.2) is 36.5 Å². The van der Waals surface area contributed by atoms with Crippen LogP contribution >= 0.6 is 0 Å². The highest BCUT2D eigenvalue weighted by Crippen LogP contribution is 2.28. The van der Waals surface area contributed by atoms with Crippen LogP contribution in [0.2, 0.25) is 0 Å². The van der Waals surface area contributed by atoms with E-state index in [1.807, 2.05) is 39.0 Å². The molecule has 5 nitrogen and oxygen atoms in total. The van der Waals surface area contributed by atoms with Gasteiger partial charge in [0.2, 0.25) is 0 Å². The van der Waals surface area contributed by atoms with Gasteiger partial charge in [-0.3, -0.25) is 4.98 Å². The lowest BCUT2D eigenvalue weighted by molar-refractivity contribution is -0.148. The van der Waals surface area contributed by atoms with E-state index >= 15 is 0 Å². The summed E-state index contributed by atoms with van der Waals surface area (Å²) < 4.78 is 10.8. The van der Waals surface area contributed by atoms with Gasteiger partial charge in [0.15, 0.2) is 0 Å². The Morgan fingerprint density at radius 1 is 1.28 bits per heavy atom. The molecule has 132 valence electrons. The number of rotatable bonds is 3. The molecule has 0 bridgehead atoms. The second-order valence-corrected chi connectivity index (χ2v) is 7.07. The highest BCUT2D eigenvalue weighted by atomic mass is 16.6. The van der Waals surface area contributed by atoms with Crippen LogP contribution < -0.4 is 4.90 Å². The van der Waals surface area contributed by atoms with Gasteiger partial charge in [-0.15, -0.1) is 0 Å². The lowest BCUT2D eigenvalue weighted by Crippen LogP contribution is -2.36. The van der Waals surface area contributed by atoms with Crippen LogP contribution in [0.3, 0.4) is 0 Å². The smallest absolute Gasteiger partial charge is 0.331 e. The first-order valence-corrected chi connectivity index (χ1v) is 8.55. The summed E-state index contributed by atoms with van der Waals surface area (Å²) in [5.74, 6) is -0.341. The highest BCUT2D eigenvalue weighted by Gasteiger charge is 2.17. The number of pyridine rings is 1. The minimum absolute atomic E-state index is 0.341. The minimum atomic E-state index is -0.498. The molecule has 1 saturated heterocycles. The zero-order valence-electron chi connectivity index (χ0n) is 15.0. The number of benzene rings is 1. The Balaban J connectivity index is 1.95. The van der Waals surface area contributed by atoms with Crippen molar-refractivity contribution in [3.05, 3.63) is 42.1 Å². The molecule has 1 aliphatic heterocycles. The van der Waals surface area contributed by atoms with Crippen LogP contribution in [0.5, 0.6) is 0 Å². The third kappa shape index (κ3) is 4.57. The Hall–Kier alpha value is -2.40. The van der Waals surface area contributed by atoms with Gasteiger partial charge < -0.3 is 14.4 Å². The molecular formula is C20H24N2O3. The summed E-state index contributed by atoms with van der Waals surface area (Å²) in [7, 11) is 0. The average Bonchev–Trinajstić information content (AvgIpc) is 2.58. The molecule has 0 atom stereocenters. The van der Waals surface area contributed by atoms with Gasteiger partial charge in [0.05, 0.1) is 18.7 Å². The topological polar surface area (TPSA) is 51.7 Å². The molecule has 1 fully saturated rings. The fraction of sp³-hybridized carbons (Fsp3) is 0.400. The maximum absolute atomic E-state index is 12.0. The van der Waals surface area contributed by atoms with Gasteiger partial charge in [-0.05, 0) is 50.6 Å². The third-order valence-corrected chi connectivity index (χ3v) is 3.91. The summed E-state index contributed by atoms with van der Waals surface area (Å²) in [6, 6.07) is 8.08. The SMILES string of the molecule is CC(C)(C)OC(=O)/C=C/c1cc2cccnc2cc1N1CCOCC1. The predicted octanol–water partition coefficient (Wildman–Crippen LogP) is 3.43. The first-order chi connectivity index (χ1) is 11.9. The van der Waals surface area contributed by atoms with Gasteiger partial charge in [0.25, 0.3) is 0 Å². The normalized spacial score (nSPS) is 15.7. The molecule has 2 aromatic rings. The molecule has 0 amide bonds. The molecule has 25 heavy (non-hydrogen) atoms. The van der Waals surface area contributed by atoms with Crippen molar-refractivity contribution in [2.45, 2.75) is 26.4 Å². The summed E-state index contributed by atoms with van der Waals surface area (Å²) in [5, 5.41) is 1.04. The van der Waals surface area contributed by atoms with Gasteiger partial charge in [-0.1, -0.05) is 6.07 Å². The zero-order valence-corrected chi connectivity index (χ0v) is 15.0. The van der Waals surface area contributed by atoms with E-state index in [2.05, 4.69) is 22.0 Å². The van der Waals surface area contributed by atoms with Gasteiger partial charge in [-0.25, -0.2) is 4.79 Å². The summed E-state index contributed by atoms with van der Waals surface area (Å²) in [5.41, 5.74) is 2.49. The molecule has 0 spiro atoms. The summed E-state index contributed by atoms with van der Waals surface area (Å²) in [6.07, 6.45) is 5.11. The maximum atomic E-state index is 12.0. The summed E-state index contributed by atoms with van der Waals surface area (Å²) in [6.45, 7) is 8.64. The fourth-order valence-electron chi connectivity index (χ4n) is 2.83. The Bertz CT molecular complexity index is 787. The number of hydrogen-bond acceptors (Lipinski definition) is 5. The maximum Gasteiger partial charge on any atom is 0.331 e. The van der Waals surface area contributed by atoms with E-state index in [0.717, 1.165) is 35.2 Å². The number of aromatic nitrogens is 1. The van der Waals surface area contributed by atoms with Crippen LogP contribution in [-0.4, -0.2) is 42.9 Å². The second kappa shape index (κ2) is 7.23. The number of hydrogen-bond donors (Lipinski definition) is 0. The molecule has 0 unspecified atom stereocenters. The number of carbonyl (C=O) groups is 1. The number of nitrogens with zero attached hydrogens (tertiary/aromatic N) is 2. The number of anilines is 1. The minimum Gasteiger partial charge on any atom is -0.457 e. The molecule has 1 aromatic heterocycles. The molecule has 1 aliphatic rings. The van der Waals surface area contributed by atoms with E-state index in [1.165, 1.54) is 6.08 Å². The number of esters is 1. The standard InChI is InChI=1S/C20H24N2O3/c1-20(2,3)25-19(23)7-6-16-13-15-5-4-8-21-17(15)14-18(16)22-9-11-24-12-10-22/h4-8,13-14H,9-12H2,1-3H3/b7-6+. The van der Waals surface area contributed by atoms with E-state index < -0.39 is 5.60 Å². The molecule has 0 radical (unpaired) electrons. The first-order valence-electron chi connectivity index (χ1n) is 8.55. The van der Waals surface area contributed by atoms with Crippen molar-refractivity contribution in [1.29, 1.82) is 0 Å². The van der Waals surface area contributed by atoms with Crippen molar-refractivity contribution < 1.29 is 14.3 Å². The van der Waals surface area contributed by atoms with Crippen molar-refractivity contribution >= 4 is 28.6 Å². The van der Waals surface area contributed by atoms with Crippen LogP contribution in [0, 0.1) is 0 Å². The van der Waals surface area contributed by atoms with Crippen LogP contribution in [0.1, 0.15) is 26.3 Å². The Morgan fingerprint density at radius 2 is 2.04 bits per heavy atom. The van der Waals surface area contributed by atoms with Crippen LogP contribution in [0.4, 0.5) is 5.69 Å². The Labute approximate surface area is 148 Å². The quantitative estimate of drug-likeness (QED) is 0.633. The third-order valence-electron chi connectivity index (χ3n) is 3.91. The van der Waals surface area contributed by atoms with Crippen molar-refractivity contribution in [2.24, 2.45) is 0 Å². The molecule has 0 saturated carbocycles. The molecule has 0 N–H and O–H groups in total. The predicted molar refractivity (Wildman–Crippen MR) is 99.7 cm³/mol.